The Morgan fingerprint density at radius 3 is 3.00 bits per heavy atom. The Morgan fingerprint density at radius 2 is 2.36 bits per heavy atom. The van der Waals surface area contributed by atoms with Gasteiger partial charge in [0.1, 0.15) is 0 Å². The lowest BCUT2D eigenvalue weighted by Crippen LogP contribution is -2.19. The van der Waals surface area contributed by atoms with Crippen molar-refractivity contribution in [2.45, 2.75) is 17.4 Å². The minimum atomic E-state index is 0.392. The van der Waals surface area contributed by atoms with Gasteiger partial charge in [-0.15, -0.1) is 12.6 Å². The summed E-state index contributed by atoms with van der Waals surface area (Å²) in [5, 5.41) is 3.35. The predicted octanol–water partition coefficient (Wildman–Crippen LogP) is 1.76. The number of rotatable bonds is 2. The average molecular weight is 210 g/mol. The average Bonchev–Trinajstić information content (AvgIpc) is 2.62. The molecule has 1 atom stereocenters. The van der Waals surface area contributed by atoms with Crippen molar-refractivity contribution >= 4 is 24.0 Å². The van der Waals surface area contributed by atoms with E-state index >= 15 is 0 Å². The highest BCUT2D eigenvalue weighted by atomic mass is 32.1. The number of thiol groups is 1. The maximum atomic E-state index is 5.85. The van der Waals surface area contributed by atoms with Gasteiger partial charge in [0.2, 0.25) is 0 Å². The minimum absolute atomic E-state index is 0.392. The van der Waals surface area contributed by atoms with E-state index in [1.165, 1.54) is 0 Å². The standard InChI is InChI=1S/C10H14N2OS/c11-9-5-8(14)1-2-10(9)12-7-3-4-13-6-7/h1-2,5,7,12,14H,3-4,6,11H2. The third kappa shape index (κ3) is 2.13. The summed E-state index contributed by atoms with van der Waals surface area (Å²) in [6, 6.07) is 6.12. The lowest BCUT2D eigenvalue weighted by molar-refractivity contribution is 0.195. The van der Waals surface area contributed by atoms with Gasteiger partial charge in [-0.2, -0.15) is 0 Å². The zero-order valence-electron chi connectivity index (χ0n) is 7.86. The fourth-order valence-electron chi connectivity index (χ4n) is 1.55. The molecule has 0 saturated carbocycles. The van der Waals surface area contributed by atoms with Crippen molar-refractivity contribution in [2.75, 3.05) is 24.3 Å². The van der Waals surface area contributed by atoms with Gasteiger partial charge in [0.05, 0.1) is 24.0 Å². The maximum Gasteiger partial charge on any atom is 0.0668 e. The molecule has 3 nitrogen and oxygen atoms in total. The van der Waals surface area contributed by atoms with Crippen LogP contribution in [0, 0.1) is 0 Å². The number of hydrogen-bond donors (Lipinski definition) is 3. The van der Waals surface area contributed by atoms with E-state index in [1.54, 1.807) is 0 Å². The van der Waals surface area contributed by atoms with E-state index in [2.05, 4.69) is 17.9 Å². The molecule has 76 valence electrons. The molecule has 0 amide bonds. The number of benzene rings is 1. The van der Waals surface area contributed by atoms with Crippen LogP contribution in [0.15, 0.2) is 23.1 Å². The van der Waals surface area contributed by atoms with E-state index in [1.807, 2.05) is 18.2 Å². The highest BCUT2D eigenvalue weighted by Gasteiger charge is 2.15. The van der Waals surface area contributed by atoms with E-state index < -0.39 is 0 Å². The molecule has 2 rings (SSSR count). The van der Waals surface area contributed by atoms with E-state index in [9.17, 15) is 0 Å². The molecule has 1 aliphatic rings. The quantitative estimate of drug-likeness (QED) is 0.515. The third-order valence-electron chi connectivity index (χ3n) is 2.32. The summed E-state index contributed by atoms with van der Waals surface area (Å²) in [7, 11) is 0. The van der Waals surface area contributed by atoms with E-state index in [4.69, 9.17) is 10.5 Å². The molecule has 14 heavy (non-hydrogen) atoms. The van der Waals surface area contributed by atoms with Crippen molar-refractivity contribution in [3.8, 4) is 0 Å². The van der Waals surface area contributed by atoms with E-state index in [0.717, 1.165) is 35.9 Å². The summed E-state index contributed by atoms with van der Waals surface area (Å²) in [5.41, 5.74) is 7.56. The van der Waals surface area contributed by atoms with Crippen molar-refractivity contribution in [2.24, 2.45) is 0 Å². The van der Waals surface area contributed by atoms with Crippen molar-refractivity contribution < 1.29 is 4.74 Å². The first kappa shape index (κ1) is 9.68. The summed E-state index contributed by atoms with van der Waals surface area (Å²) in [4.78, 5) is 0.885. The van der Waals surface area contributed by atoms with Gasteiger partial charge in [0, 0.05) is 11.5 Å². The predicted molar refractivity (Wildman–Crippen MR) is 61.0 cm³/mol. The number of anilines is 2. The van der Waals surface area contributed by atoms with Crippen molar-refractivity contribution in [1.29, 1.82) is 0 Å². The highest BCUT2D eigenvalue weighted by molar-refractivity contribution is 7.80. The lowest BCUT2D eigenvalue weighted by Gasteiger charge is -2.14. The first-order chi connectivity index (χ1) is 6.75. The number of nitrogens with one attached hydrogen (secondary N) is 1. The smallest absolute Gasteiger partial charge is 0.0668 e. The highest BCUT2D eigenvalue weighted by Crippen LogP contribution is 2.23. The number of nitrogen functional groups attached to an aromatic ring is 1. The molecular formula is C10H14N2OS. The molecule has 1 aromatic rings. The third-order valence-corrected chi connectivity index (χ3v) is 2.60. The lowest BCUT2D eigenvalue weighted by atomic mass is 10.2. The molecule has 0 aliphatic carbocycles. The Balaban J connectivity index is 2.08. The van der Waals surface area contributed by atoms with E-state index in [0.29, 0.717) is 6.04 Å². The van der Waals surface area contributed by atoms with Gasteiger partial charge in [-0.1, -0.05) is 0 Å². The van der Waals surface area contributed by atoms with Gasteiger partial charge in [0.25, 0.3) is 0 Å². The molecule has 1 heterocycles. The second kappa shape index (κ2) is 4.11. The molecule has 1 unspecified atom stereocenters. The Morgan fingerprint density at radius 1 is 1.50 bits per heavy atom. The number of nitrogens with two attached hydrogens (primary N) is 1. The van der Waals surface area contributed by atoms with Gasteiger partial charge >= 0.3 is 0 Å². The first-order valence-electron chi connectivity index (χ1n) is 4.68. The topological polar surface area (TPSA) is 47.3 Å². The van der Waals surface area contributed by atoms with Crippen molar-refractivity contribution in [3.63, 3.8) is 0 Å². The second-order valence-electron chi connectivity index (χ2n) is 3.48. The summed E-state index contributed by atoms with van der Waals surface area (Å²) in [6.07, 6.45) is 1.04. The van der Waals surface area contributed by atoms with Crippen molar-refractivity contribution in [3.05, 3.63) is 18.2 Å². The summed E-state index contributed by atoms with van der Waals surface area (Å²) < 4.78 is 5.27. The van der Waals surface area contributed by atoms with Crippen LogP contribution in [0.2, 0.25) is 0 Å². The second-order valence-corrected chi connectivity index (χ2v) is 3.99. The van der Waals surface area contributed by atoms with Gasteiger partial charge in [-0.05, 0) is 24.6 Å². The van der Waals surface area contributed by atoms with Gasteiger partial charge in [-0.25, -0.2) is 0 Å². The zero-order valence-corrected chi connectivity index (χ0v) is 8.76. The van der Waals surface area contributed by atoms with Gasteiger partial charge in [0.15, 0.2) is 0 Å². The van der Waals surface area contributed by atoms with Crippen LogP contribution in [0.25, 0.3) is 0 Å². The SMILES string of the molecule is Nc1cc(S)ccc1NC1CCOC1. The Kier molecular flexibility index (Phi) is 2.84. The molecule has 1 aliphatic heterocycles. The summed E-state index contributed by atoms with van der Waals surface area (Å²) >= 11 is 4.22. The molecule has 4 heteroatoms. The summed E-state index contributed by atoms with van der Waals surface area (Å²) in [6.45, 7) is 1.60. The van der Waals surface area contributed by atoms with Crippen LogP contribution in [-0.2, 0) is 4.74 Å². The zero-order chi connectivity index (χ0) is 9.97. The van der Waals surface area contributed by atoms with Gasteiger partial charge in [-0.3, -0.25) is 0 Å². The minimum Gasteiger partial charge on any atom is -0.397 e. The van der Waals surface area contributed by atoms with Crippen LogP contribution < -0.4 is 11.1 Å². The maximum absolute atomic E-state index is 5.85. The summed E-state index contributed by atoms with van der Waals surface area (Å²) in [5.74, 6) is 0. The van der Waals surface area contributed by atoms with Crippen LogP contribution >= 0.6 is 12.6 Å². The molecule has 1 aromatic carbocycles. The Bertz CT molecular complexity index is 324. The number of ether oxygens (including phenoxy) is 1. The Hall–Kier alpha value is -0.870. The molecule has 0 bridgehead atoms. The molecule has 0 radical (unpaired) electrons. The van der Waals surface area contributed by atoms with Crippen LogP contribution in [-0.4, -0.2) is 19.3 Å². The van der Waals surface area contributed by atoms with Crippen LogP contribution in [0.4, 0.5) is 11.4 Å². The fraction of sp³-hybridized carbons (Fsp3) is 0.400. The van der Waals surface area contributed by atoms with E-state index in [-0.39, 0.29) is 0 Å². The monoisotopic (exact) mass is 210 g/mol. The van der Waals surface area contributed by atoms with Crippen molar-refractivity contribution in [1.82, 2.24) is 0 Å². The van der Waals surface area contributed by atoms with Crippen LogP contribution in [0.5, 0.6) is 0 Å². The molecule has 3 N–H and O–H groups in total. The molecule has 1 fully saturated rings. The molecule has 0 aromatic heterocycles. The van der Waals surface area contributed by atoms with Crippen LogP contribution in [0.1, 0.15) is 6.42 Å². The molecular weight excluding hydrogens is 196 g/mol. The fourth-order valence-corrected chi connectivity index (χ4v) is 1.76. The first-order valence-corrected chi connectivity index (χ1v) is 5.13. The largest absolute Gasteiger partial charge is 0.397 e. The van der Waals surface area contributed by atoms with Crippen LogP contribution in [0.3, 0.4) is 0 Å². The normalized spacial score (nSPS) is 21.1. The Labute approximate surface area is 89.0 Å². The molecule has 1 saturated heterocycles. The number of hydrogen-bond acceptors (Lipinski definition) is 4. The molecule has 0 spiro atoms. The van der Waals surface area contributed by atoms with Gasteiger partial charge < -0.3 is 15.8 Å².